The molecule has 2 fully saturated rings. The van der Waals surface area contributed by atoms with Crippen LogP contribution in [0.25, 0.3) is 0 Å². The van der Waals surface area contributed by atoms with Crippen LogP contribution in [-0.2, 0) is 0 Å². The van der Waals surface area contributed by atoms with Crippen LogP contribution in [-0.4, -0.2) is 50.6 Å². The number of guanidine groups is 1. The Labute approximate surface area is 147 Å². The van der Waals surface area contributed by atoms with Gasteiger partial charge in [-0.25, -0.2) is 0 Å². The molecule has 0 aromatic carbocycles. The average Bonchev–Trinajstić information content (AvgIpc) is 2.45. The van der Waals surface area contributed by atoms with Crippen molar-refractivity contribution in [2.24, 2.45) is 10.4 Å². The highest BCUT2D eigenvalue weighted by Gasteiger charge is 2.34. The monoisotopic (exact) mass is 408 g/mol. The van der Waals surface area contributed by atoms with Crippen LogP contribution >= 0.6 is 24.0 Å². The normalized spacial score (nSPS) is 22.1. The molecule has 124 valence electrons. The van der Waals surface area contributed by atoms with E-state index in [4.69, 9.17) is 0 Å². The average molecular weight is 408 g/mol. The summed E-state index contributed by atoms with van der Waals surface area (Å²) in [5, 5.41) is 6.98. The maximum absolute atomic E-state index is 4.34. The second-order valence-corrected chi connectivity index (χ2v) is 6.46. The summed E-state index contributed by atoms with van der Waals surface area (Å²) in [6.07, 6.45) is 9.58. The van der Waals surface area contributed by atoms with Crippen molar-refractivity contribution in [1.29, 1.82) is 0 Å². The Morgan fingerprint density at radius 3 is 2.33 bits per heavy atom. The van der Waals surface area contributed by atoms with E-state index in [1.807, 2.05) is 7.05 Å². The first-order valence-electron chi connectivity index (χ1n) is 8.45. The lowest BCUT2D eigenvalue weighted by atomic mass is 9.67. The lowest BCUT2D eigenvalue weighted by molar-refractivity contribution is 0.131. The van der Waals surface area contributed by atoms with Crippen LogP contribution in [0.2, 0.25) is 0 Å². The second kappa shape index (κ2) is 9.87. The Bertz CT molecular complexity index is 304. The molecular weight excluding hydrogens is 375 g/mol. The molecule has 1 saturated carbocycles. The van der Waals surface area contributed by atoms with Gasteiger partial charge in [-0.05, 0) is 50.6 Å². The van der Waals surface area contributed by atoms with Crippen LogP contribution in [0, 0.1) is 5.41 Å². The Hall–Kier alpha value is -0.0400. The van der Waals surface area contributed by atoms with Crippen LogP contribution in [0.3, 0.4) is 0 Å². The standard InChI is InChI=1S/C16H32N4.HI/c1-3-16(8-7-9-16)14-19-15(17-2)18-10-13-20-11-5-4-6-12-20;/h3-14H2,1-2H3,(H2,17,18,19);1H. The van der Waals surface area contributed by atoms with Crippen LogP contribution in [0.4, 0.5) is 0 Å². The summed E-state index contributed by atoms with van der Waals surface area (Å²) in [6, 6.07) is 0. The molecule has 0 bridgehead atoms. The van der Waals surface area contributed by atoms with Crippen molar-refractivity contribution in [3.8, 4) is 0 Å². The molecule has 1 aliphatic carbocycles. The zero-order valence-corrected chi connectivity index (χ0v) is 16.1. The molecule has 0 aromatic rings. The molecule has 0 radical (unpaired) electrons. The number of nitrogens with zero attached hydrogens (tertiary/aromatic N) is 2. The van der Waals surface area contributed by atoms with Crippen molar-refractivity contribution in [3.63, 3.8) is 0 Å². The number of hydrogen-bond donors (Lipinski definition) is 2. The lowest BCUT2D eigenvalue weighted by Gasteiger charge is -2.41. The quantitative estimate of drug-likeness (QED) is 0.404. The zero-order valence-electron chi connectivity index (χ0n) is 13.8. The van der Waals surface area contributed by atoms with E-state index < -0.39 is 0 Å². The van der Waals surface area contributed by atoms with Crippen molar-refractivity contribution in [2.75, 3.05) is 39.8 Å². The lowest BCUT2D eigenvalue weighted by Crippen LogP contribution is -2.47. The summed E-state index contributed by atoms with van der Waals surface area (Å²) in [7, 11) is 1.87. The molecular formula is C16H33IN4. The van der Waals surface area contributed by atoms with Crippen molar-refractivity contribution in [2.45, 2.75) is 51.9 Å². The number of halogens is 1. The van der Waals surface area contributed by atoms with Crippen molar-refractivity contribution in [3.05, 3.63) is 0 Å². The van der Waals surface area contributed by atoms with Gasteiger partial charge in [0.1, 0.15) is 0 Å². The third-order valence-electron chi connectivity index (χ3n) is 5.19. The number of aliphatic imine (C=N–C) groups is 1. The molecule has 1 saturated heterocycles. The van der Waals surface area contributed by atoms with Gasteiger partial charge in [-0.3, -0.25) is 4.99 Å². The summed E-state index contributed by atoms with van der Waals surface area (Å²) >= 11 is 0. The minimum Gasteiger partial charge on any atom is -0.356 e. The fourth-order valence-corrected chi connectivity index (χ4v) is 3.34. The fourth-order valence-electron chi connectivity index (χ4n) is 3.34. The van der Waals surface area contributed by atoms with Crippen LogP contribution in [0.15, 0.2) is 4.99 Å². The van der Waals surface area contributed by atoms with Gasteiger partial charge in [-0.1, -0.05) is 19.8 Å². The zero-order chi connectivity index (χ0) is 14.3. The molecule has 0 spiro atoms. The first kappa shape index (κ1) is 19.0. The Morgan fingerprint density at radius 2 is 1.81 bits per heavy atom. The minimum absolute atomic E-state index is 0. The topological polar surface area (TPSA) is 39.7 Å². The fraction of sp³-hybridized carbons (Fsp3) is 0.938. The predicted molar refractivity (Wildman–Crippen MR) is 102 cm³/mol. The third-order valence-corrected chi connectivity index (χ3v) is 5.19. The summed E-state index contributed by atoms with van der Waals surface area (Å²) in [4.78, 5) is 6.90. The van der Waals surface area contributed by atoms with Gasteiger partial charge >= 0.3 is 0 Å². The van der Waals surface area contributed by atoms with Gasteiger partial charge in [0.15, 0.2) is 5.96 Å². The minimum atomic E-state index is 0. The largest absolute Gasteiger partial charge is 0.356 e. The van der Waals surface area contributed by atoms with Crippen molar-refractivity contribution < 1.29 is 0 Å². The van der Waals surface area contributed by atoms with Gasteiger partial charge in [0, 0.05) is 26.7 Å². The van der Waals surface area contributed by atoms with E-state index in [9.17, 15) is 0 Å². The second-order valence-electron chi connectivity index (χ2n) is 6.46. The SMILES string of the molecule is CCC1(CNC(=NC)NCCN2CCCCC2)CCC1.I. The molecule has 0 atom stereocenters. The molecule has 0 amide bonds. The van der Waals surface area contributed by atoms with Gasteiger partial charge in [-0.15, -0.1) is 24.0 Å². The first-order valence-corrected chi connectivity index (χ1v) is 8.45. The molecule has 1 heterocycles. The van der Waals surface area contributed by atoms with Gasteiger partial charge in [0.05, 0.1) is 0 Å². The van der Waals surface area contributed by atoms with E-state index in [2.05, 4.69) is 27.4 Å². The molecule has 21 heavy (non-hydrogen) atoms. The van der Waals surface area contributed by atoms with E-state index >= 15 is 0 Å². The van der Waals surface area contributed by atoms with Crippen molar-refractivity contribution in [1.82, 2.24) is 15.5 Å². The summed E-state index contributed by atoms with van der Waals surface area (Å²) in [5.74, 6) is 0.974. The van der Waals surface area contributed by atoms with E-state index in [-0.39, 0.29) is 24.0 Å². The molecule has 0 unspecified atom stereocenters. The van der Waals surface area contributed by atoms with Crippen molar-refractivity contribution >= 4 is 29.9 Å². The van der Waals surface area contributed by atoms with Gasteiger partial charge in [0.25, 0.3) is 0 Å². The highest BCUT2D eigenvalue weighted by molar-refractivity contribution is 14.0. The summed E-state index contributed by atoms with van der Waals surface area (Å²) in [5.41, 5.74) is 0.546. The molecule has 5 heteroatoms. The molecule has 4 nitrogen and oxygen atoms in total. The Morgan fingerprint density at radius 1 is 1.10 bits per heavy atom. The molecule has 0 aromatic heterocycles. The Kier molecular flexibility index (Phi) is 8.94. The van der Waals surface area contributed by atoms with Crippen LogP contribution < -0.4 is 10.6 Å². The number of nitrogens with one attached hydrogen (secondary N) is 2. The summed E-state index contributed by atoms with van der Waals surface area (Å²) in [6.45, 7) is 8.07. The maximum Gasteiger partial charge on any atom is 0.191 e. The molecule has 2 rings (SSSR count). The molecule has 2 N–H and O–H groups in total. The maximum atomic E-state index is 4.34. The van der Waals surface area contributed by atoms with E-state index in [0.29, 0.717) is 5.41 Å². The van der Waals surface area contributed by atoms with Gasteiger partial charge in [0.2, 0.25) is 0 Å². The number of hydrogen-bond acceptors (Lipinski definition) is 2. The molecule has 2 aliphatic rings. The third kappa shape index (κ3) is 5.93. The van der Waals surface area contributed by atoms with Crippen LogP contribution in [0.1, 0.15) is 51.9 Å². The highest BCUT2D eigenvalue weighted by Crippen LogP contribution is 2.42. The first-order chi connectivity index (χ1) is 9.78. The van der Waals surface area contributed by atoms with Crippen LogP contribution in [0.5, 0.6) is 0 Å². The number of piperidine rings is 1. The molecule has 1 aliphatic heterocycles. The van der Waals surface area contributed by atoms with Gasteiger partial charge < -0.3 is 15.5 Å². The predicted octanol–water partition coefficient (Wildman–Crippen LogP) is 2.84. The number of rotatable bonds is 6. The number of likely N-dealkylation sites (tertiary alicyclic amines) is 1. The Balaban J connectivity index is 0.00000220. The van der Waals surface area contributed by atoms with E-state index in [1.54, 1.807) is 0 Å². The van der Waals surface area contributed by atoms with Gasteiger partial charge in [-0.2, -0.15) is 0 Å². The highest BCUT2D eigenvalue weighted by atomic mass is 127. The smallest absolute Gasteiger partial charge is 0.191 e. The van der Waals surface area contributed by atoms with E-state index in [0.717, 1.165) is 25.6 Å². The summed E-state index contributed by atoms with van der Waals surface area (Å²) < 4.78 is 0. The van der Waals surface area contributed by atoms with E-state index in [1.165, 1.54) is 58.0 Å².